The van der Waals surface area contributed by atoms with Crippen molar-refractivity contribution in [2.24, 2.45) is 0 Å². The number of carboxylic acid groups (broad SMARTS) is 1. The predicted octanol–water partition coefficient (Wildman–Crippen LogP) is 2.12. The van der Waals surface area contributed by atoms with Crippen molar-refractivity contribution in [3.8, 4) is 0 Å². The van der Waals surface area contributed by atoms with Gasteiger partial charge in [-0.15, -0.1) is 0 Å². The smallest absolute Gasteiger partial charge is 0.315 e. The highest BCUT2D eigenvalue weighted by molar-refractivity contribution is 5.74. The zero-order chi connectivity index (χ0) is 15.7. The Morgan fingerprint density at radius 1 is 1.24 bits per heavy atom. The molecule has 0 saturated heterocycles. The number of halogens is 1. The number of amides is 2. The summed E-state index contributed by atoms with van der Waals surface area (Å²) in [6.45, 7) is 0.912. The third kappa shape index (κ3) is 7.29. The van der Waals surface area contributed by atoms with E-state index in [0.717, 1.165) is 5.56 Å². The Morgan fingerprint density at radius 2 is 1.90 bits per heavy atom. The Kier molecular flexibility index (Phi) is 7.21. The molecular weight excluding hydrogens is 275 g/mol. The molecule has 6 heteroatoms. The lowest BCUT2D eigenvalue weighted by molar-refractivity contribution is -0.137. The predicted molar refractivity (Wildman–Crippen MR) is 77.9 cm³/mol. The van der Waals surface area contributed by atoms with Crippen LogP contribution in [0.25, 0.3) is 0 Å². The topological polar surface area (TPSA) is 78.4 Å². The highest BCUT2D eigenvalue weighted by Gasteiger charge is 2.15. The fraction of sp³-hybridized carbons (Fsp3) is 0.467. The van der Waals surface area contributed by atoms with Crippen molar-refractivity contribution >= 4 is 12.0 Å². The Bertz CT molecular complexity index is 453. The van der Waals surface area contributed by atoms with E-state index in [9.17, 15) is 14.0 Å². The molecule has 5 nitrogen and oxygen atoms in total. The second-order valence-corrected chi connectivity index (χ2v) is 4.99. The van der Waals surface area contributed by atoms with Crippen molar-refractivity contribution in [1.82, 2.24) is 10.6 Å². The standard InChI is InChI=1S/C15H21FN2O3/c1-11(10-16)17-15(21)18-13(7-8-14(19)20)9-12-5-3-2-4-6-12/h2-6,11,13H,7-10H2,1H3,(H,19,20)(H2,17,18,21). The van der Waals surface area contributed by atoms with Crippen LogP contribution >= 0.6 is 0 Å². The minimum atomic E-state index is -0.910. The van der Waals surface area contributed by atoms with Crippen LogP contribution in [0.2, 0.25) is 0 Å². The number of urea groups is 1. The van der Waals surface area contributed by atoms with Crippen LogP contribution in [0.15, 0.2) is 30.3 Å². The Labute approximate surface area is 123 Å². The van der Waals surface area contributed by atoms with Gasteiger partial charge in [0, 0.05) is 12.5 Å². The third-order valence-electron chi connectivity index (χ3n) is 2.98. The molecule has 21 heavy (non-hydrogen) atoms. The number of aliphatic carboxylic acids is 1. The van der Waals surface area contributed by atoms with E-state index in [0.29, 0.717) is 12.8 Å². The molecule has 0 aliphatic heterocycles. The van der Waals surface area contributed by atoms with Gasteiger partial charge in [-0.2, -0.15) is 0 Å². The fourth-order valence-electron chi connectivity index (χ4n) is 1.91. The Morgan fingerprint density at radius 3 is 2.48 bits per heavy atom. The first kappa shape index (κ1) is 16.9. The number of benzene rings is 1. The van der Waals surface area contributed by atoms with E-state index in [4.69, 9.17) is 5.11 Å². The van der Waals surface area contributed by atoms with Gasteiger partial charge in [0.25, 0.3) is 0 Å². The summed E-state index contributed by atoms with van der Waals surface area (Å²) in [5, 5.41) is 13.9. The largest absolute Gasteiger partial charge is 0.481 e. The molecule has 2 amide bonds. The summed E-state index contributed by atoms with van der Waals surface area (Å²) in [7, 11) is 0. The molecular formula is C15H21FN2O3. The van der Waals surface area contributed by atoms with Gasteiger partial charge in [-0.05, 0) is 25.3 Å². The number of hydrogen-bond acceptors (Lipinski definition) is 2. The molecule has 116 valence electrons. The molecule has 2 atom stereocenters. The molecule has 0 aromatic heterocycles. The number of alkyl halides is 1. The highest BCUT2D eigenvalue weighted by atomic mass is 19.1. The Balaban J connectivity index is 2.59. The first-order chi connectivity index (χ1) is 10.0. The van der Waals surface area contributed by atoms with Crippen LogP contribution in [-0.4, -0.2) is 35.9 Å². The van der Waals surface area contributed by atoms with Crippen molar-refractivity contribution in [3.63, 3.8) is 0 Å². The summed E-state index contributed by atoms with van der Waals surface area (Å²) in [6, 6.07) is 8.13. The molecule has 0 fully saturated rings. The van der Waals surface area contributed by atoms with E-state index in [1.165, 1.54) is 0 Å². The van der Waals surface area contributed by atoms with Crippen LogP contribution in [0.4, 0.5) is 9.18 Å². The quantitative estimate of drug-likeness (QED) is 0.687. The lowest BCUT2D eigenvalue weighted by Crippen LogP contribution is -2.46. The van der Waals surface area contributed by atoms with E-state index in [2.05, 4.69) is 10.6 Å². The van der Waals surface area contributed by atoms with Crippen LogP contribution < -0.4 is 10.6 Å². The van der Waals surface area contributed by atoms with E-state index in [1.807, 2.05) is 30.3 Å². The third-order valence-corrected chi connectivity index (χ3v) is 2.98. The average molecular weight is 296 g/mol. The van der Waals surface area contributed by atoms with E-state index >= 15 is 0 Å². The van der Waals surface area contributed by atoms with Gasteiger partial charge in [0.2, 0.25) is 0 Å². The maximum atomic E-state index is 12.4. The van der Waals surface area contributed by atoms with E-state index < -0.39 is 24.7 Å². The van der Waals surface area contributed by atoms with Gasteiger partial charge in [0.05, 0.1) is 6.04 Å². The lowest BCUT2D eigenvalue weighted by Gasteiger charge is -2.20. The number of carbonyl (C=O) groups excluding carboxylic acids is 1. The first-order valence-electron chi connectivity index (χ1n) is 6.90. The molecule has 2 unspecified atom stereocenters. The zero-order valence-electron chi connectivity index (χ0n) is 12.0. The summed E-state index contributed by atoms with van der Waals surface area (Å²) in [6.07, 6.45) is 0.823. The normalized spacial score (nSPS) is 13.2. The summed E-state index contributed by atoms with van der Waals surface area (Å²) < 4.78 is 12.4. The summed E-state index contributed by atoms with van der Waals surface area (Å²) in [4.78, 5) is 22.4. The average Bonchev–Trinajstić information content (AvgIpc) is 2.45. The van der Waals surface area contributed by atoms with Crippen LogP contribution in [0.3, 0.4) is 0 Å². The fourth-order valence-corrected chi connectivity index (χ4v) is 1.91. The van der Waals surface area contributed by atoms with Gasteiger partial charge in [-0.1, -0.05) is 30.3 Å². The number of hydrogen-bond donors (Lipinski definition) is 3. The molecule has 3 N–H and O–H groups in total. The van der Waals surface area contributed by atoms with Crippen LogP contribution in [-0.2, 0) is 11.2 Å². The summed E-state index contributed by atoms with van der Waals surface area (Å²) >= 11 is 0. The molecule has 1 rings (SSSR count). The van der Waals surface area contributed by atoms with Gasteiger partial charge in [0.15, 0.2) is 0 Å². The molecule has 0 spiro atoms. The number of rotatable bonds is 8. The van der Waals surface area contributed by atoms with Gasteiger partial charge in [-0.25, -0.2) is 9.18 Å². The minimum Gasteiger partial charge on any atom is -0.481 e. The first-order valence-corrected chi connectivity index (χ1v) is 6.90. The molecule has 0 radical (unpaired) electrons. The van der Waals surface area contributed by atoms with E-state index in [1.54, 1.807) is 6.92 Å². The number of carboxylic acids is 1. The number of nitrogens with one attached hydrogen (secondary N) is 2. The number of carbonyl (C=O) groups is 2. The van der Waals surface area contributed by atoms with Crippen molar-refractivity contribution in [3.05, 3.63) is 35.9 Å². The van der Waals surface area contributed by atoms with Crippen molar-refractivity contribution < 1.29 is 19.1 Å². The van der Waals surface area contributed by atoms with E-state index in [-0.39, 0.29) is 12.5 Å². The van der Waals surface area contributed by atoms with Crippen LogP contribution in [0.5, 0.6) is 0 Å². The maximum absolute atomic E-state index is 12.4. The monoisotopic (exact) mass is 296 g/mol. The zero-order valence-corrected chi connectivity index (χ0v) is 12.0. The molecule has 0 bridgehead atoms. The molecule has 0 saturated carbocycles. The van der Waals surface area contributed by atoms with Gasteiger partial charge >= 0.3 is 12.0 Å². The van der Waals surface area contributed by atoms with Gasteiger partial charge in [0.1, 0.15) is 6.67 Å². The second-order valence-electron chi connectivity index (χ2n) is 4.99. The van der Waals surface area contributed by atoms with Crippen molar-refractivity contribution in [2.75, 3.05) is 6.67 Å². The summed E-state index contributed by atoms with van der Waals surface area (Å²) in [5.74, 6) is -0.910. The maximum Gasteiger partial charge on any atom is 0.315 e. The van der Waals surface area contributed by atoms with Crippen molar-refractivity contribution in [1.29, 1.82) is 0 Å². The molecule has 1 aromatic carbocycles. The van der Waals surface area contributed by atoms with Crippen LogP contribution in [0, 0.1) is 0 Å². The van der Waals surface area contributed by atoms with Gasteiger partial charge < -0.3 is 15.7 Å². The van der Waals surface area contributed by atoms with Crippen molar-refractivity contribution in [2.45, 2.75) is 38.3 Å². The summed E-state index contributed by atoms with van der Waals surface area (Å²) in [5.41, 5.74) is 1.01. The highest BCUT2D eigenvalue weighted by Crippen LogP contribution is 2.08. The minimum absolute atomic E-state index is 0.0313. The molecule has 0 heterocycles. The lowest BCUT2D eigenvalue weighted by atomic mass is 10.0. The van der Waals surface area contributed by atoms with Gasteiger partial charge in [-0.3, -0.25) is 4.79 Å². The SMILES string of the molecule is CC(CF)NC(=O)NC(CCC(=O)O)Cc1ccccc1. The molecule has 0 aliphatic carbocycles. The van der Waals surface area contributed by atoms with Crippen LogP contribution in [0.1, 0.15) is 25.3 Å². The Hall–Kier alpha value is -2.11. The molecule has 0 aliphatic rings. The second kappa shape index (κ2) is 8.94. The molecule has 1 aromatic rings.